The zero-order chi connectivity index (χ0) is 10.3. The van der Waals surface area contributed by atoms with Crippen LogP contribution in [0.15, 0.2) is 18.2 Å². The minimum absolute atomic E-state index is 0. The van der Waals surface area contributed by atoms with Crippen molar-refractivity contribution in [1.82, 2.24) is 0 Å². The Balaban J connectivity index is -0.000000109. The number of benzene rings is 1. The summed E-state index contributed by atoms with van der Waals surface area (Å²) in [6, 6.07) is 5.56. The Bertz CT molecular complexity index is 224. The van der Waals surface area contributed by atoms with E-state index in [4.69, 9.17) is 23.2 Å². The average molecular weight is 267 g/mol. The molecule has 16 heavy (non-hydrogen) atoms. The summed E-state index contributed by atoms with van der Waals surface area (Å²) in [6.07, 6.45) is 2.14. The molecule has 0 aromatic heterocycles. The number of rotatable bonds is 1. The van der Waals surface area contributed by atoms with Crippen LogP contribution in [0.2, 0.25) is 10.0 Å². The molecule has 0 heterocycles. The van der Waals surface area contributed by atoms with Gasteiger partial charge in [0, 0.05) is 10.0 Å². The fourth-order valence-electron chi connectivity index (χ4n) is 0.870. The maximum absolute atomic E-state index is 5.85. The molecule has 0 aliphatic carbocycles. The van der Waals surface area contributed by atoms with E-state index < -0.39 is 0 Å². The van der Waals surface area contributed by atoms with Crippen LogP contribution in [0.3, 0.4) is 0 Å². The van der Waals surface area contributed by atoms with Crippen LogP contribution >= 0.6 is 23.2 Å². The molecule has 1 aromatic carbocycles. The predicted octanol–water partition coefficient (Wildman–Crippen LogP) is 6.88. The molecule has 1 aromatic rings. The third-order valence-electron chi connectivity index (χ3n) is 1.42. The van der Waals surface area contributed by atoms with Gasteiger partial charge >= 0.3 is 0 Å². The molecule has 0 nitrogen and oxygen atoms in total. The van der Waals surface area contributed by atoms with Crippen LogP contribution < -0.4 is 0 Å². The van der Waals surface area contributed by atoms with Gasteiger partial charge in [0.1, 0.15) is 0 Å². The molecule has 0 bridgehead atoms. The van der Waals surface area contributed by atoms with Crippen LogP contribution in [0.4, 0.5) is 0 Å². The minimum atomic E-state index is 0. The molecule has 0 saturated heterocycles. The average Bonchev–Trinajstić information content (AvgIpc) is 2.06. The van der Waals surface area contributed by atoms with Crippen molar-refractivity contribution in [1.29, 1.82) is 0 Å². The maximum atomic E-state index is 5.85. The molecule has 0 fully saturated rings. The highest BCUT2D eigenvalue weighted by atomic mass is 35.5. The Morgan fingerprint density at radius 2 is 1.19 bits per heavy atom. The van der Waals surface area contributed by atoms with Crippen molar-refractivity contribution >= 4 is 23.2 Å². The van der Waals surface area contributed by atoms with Crippen molar-refractivity contribution in [3.05, 3.63) is 33.8 Å². The summed E-state index contributed by atoms with van der Waals surface area (Å²) < 4.78 is 0. The molecule has 0 atom stereocenters. The SMILES string of the molecule is C.C.C.CCC.CCc1c(Cl)cccc1Cl. The lowest BCUT2D eigenvalue weighted by atomic mass is 10.2. The fourth-order valence-corrected chi connectivity index (χ4v) is 1.53. The molecule has 0 N–H and O–H groups in total. The van der Waals surface area contributed by atoms with Gasteiger partial charge in [-0.15, -0.1) is 0 Å². The largest absolute Gasteiger partial charge is 0.0840 e. The molecule has 0 saturated carbocycles. The second-order valence-electron chi connectivity index (χ2n) is 2.76. The standard InChI is InChI=1S/C8H8Cl2.C3H8.3CH4/c1-2-6-7(9)4-3-5-8(6)10;1-3-2;;;/h3-5H,2H2,1H3;3H2,1-2H3;3*1H4. The van der Waals surface area contributed by atoms with Crippen molar-refractivity contribution in [2.24, 2.45) is 0 Å². The lowest BCUT2D eigenvalue weighted by Crippen LogP contribution is -1.82. The van der Waals surface area contributed by atoms with Gasteiger partial charge in [0.25, 0.3) is 0 Å². The quantitative estimate of drug-likeness (QED) is 0.520. The summed E-state index contributed by atoms with van der Waals surface area (Å²) in [5.41, 5.74) is 1.03. The third-order valence-corrected chi connectivity index (χ3v) is 2.12. The van der Waals surface area contributed by atoms with Crippen LogP contribution in [0.5, 0.6) is 0 Å². The van der Waals surface area contributed by atoms with E-state index in [1.807, 2.05) is 25.1 Å². The predicted molar refractivity (Wildman–Crippen MR) is 82.0 cm³/mol. The van der Waals surface area contributed by atoms with Gasteiger partial charge in [0.05, 0.1) is 0 Å². The van der Waals surface area contributed by atoms with Crippen LogP contribution in [0, 0.1) is 0 Å². The highest BCUT2D eigenvalue weighted by Crippen LogP contribution is 2.23. The van der Waals surface area contributed by atoms with E-state index >= 15 is 0 Å². The van der Waals surface area contributed by atoms with Gasteiger partial charge in [0.2, 0.25) is 0 Å². The molecule has 1 rings (SSSR count). The normalized spacial score (nSPS) is 7.31. The fraction of sp³-hybridized carbons (Fsp3) is 0.571. The van der Waals surface area contributed by atoms with Crippen molar-refractivity contribution in [3.63, 3.8) is 0 Å². The summed E-state index contributed by atoms with van der Waals surface area (Å²) in [4.78, 5) is 0. The number of hydrogen-bond donors (Lipinski definition) is 0. The van der Waals surface area contributed by atoms with E-state index in [1.165, 1.54) is 6.42 Å². The Morgan fingerprint density at radius 3 is 1.38 bits per heavy atom. The first-order chi connectivity index (χ1) is 6.17. The first kappa shape index (κ1) is 24.9. The zero-order valence-corrected chi connectivity index (χ0v) is 9.91. The van der Waals surface area contributed by atoms with Crippen LogP contribution in [0.25, 0.3) is 0 Å². The molecule has 2 heteroatoms. The van der Waals surface area contributed by atoms with Gasteiger partial charge in [-0.05, 0) is 24.1 Å². The van der Waals surface area contributed by atoms with Gasteiger partial charge in [-0.2, -0.15) is 0 Å². The molecule has 0 aliphatic heterocycles. The summed E-state index contributed by atoms with van der Waals surface area (Å²) in [5, 5.41) is 1.52. The Hall–Kier alpha value is -0.200. The van der Waals surface area contributed by atoms with E-state index in [2.05, 4.69) is 13.8 Å². The molecular weight excluding hydrogens is 239 g/mol. The lowest BCUT2D eigenvalue weighted by Gasteiger charge is -2.01. The second-order valence-corrected chi connectivity index (χ2v) is 3.58. The zero-order valence-electron chi connectivity index (χ0n) is 8.40. The highest BCUT2D eigenvalue weighted by Gasteiger charge is 2.00. The molecule has 0 amide bonds. The van der Waals surface area contributed by atoms with Gasteiger partial charge in [-0.3, -0.25) is 0 Å². The first-order valence-corrected chi connectivity index (χ1v) is 5.35. The summed E-state index contributed by atoms with van der Waals surface area (Å²) >= 11 is 11.7. The minimum Gasteiger partial charge on any atom is -0.0840 e. The van der Waals surface area contributed by atoms with E-state index in [1.54, 1.807) is 0 Å². The van der Waals surface area contributed by atoms with Crippen LogP contribution in [-0.2, 0) is 6.42 Å². The lowest BCUT2D eigenvalue weighted by molar-refractivity contribution is 1.09. The van der Waals surface area contributed by atoms with E-state index in [9.17, 15) is 0 Å². The molecule has 0 aliphatic rings. The van der Waals surface area contributed by atoms with Crippen molar-refractivity contribution in [2.45, 2.75) is 55.9 Å². The maximum Gasteiger partial charge on any atom is 0.0452 e. The smallest absolute Gasteiger partial charge is 0.0452 e. The van der Waals surface area contributed by atoms with Gasteiger partial charge in [0.15, 0.2) is 0 Å². The Kier molecular flexibility index (Phi) is 23.0. The van der Waals surface area contributed by atoms with Crippen molar-refractivity contribution in [3.8, 4) is 0 Å². The summed E-state index contributed by atoms with van der Waals surface area (Å²) in [7, 11) is 0. The highest BCUT2D eigenvalue weighted by molar-refractivity contribution is 6.35. The summed E-state index contributed by atoms with van der Waals surface area (Å²) in [6.45, 7) is 6.28. The monoisotopic (exact) mass is 266 g/mol. The topological polar surface area (TPSA) is 0 Å². The first-order valence-electron chi connectivity index (χ1n) is 4.60. The molecular formula is C14H28Cl2. The van der Waals surface area contributed by atoms with Gasteiger partial charge in [-0.1, -0.05) is 78.7 Å². The van der Waals surface area contributed by atoms with Crippen LogP contribution in [-0.4, -0.2) is 0 Å². The molecule has 0 unspecified atom stereocenters. The van der Waals surface area contributed by atoms with Gasteiger partial charge < -0.3 is 0 Å². The Morgan fingerprint density at radius 1 is 0.875 bits per heavy atom. The second kappa shape index (κ2) is 14.8. The van der Waals surface area contributed by atoms with Crippen molar-refractivity contribution in [2.75, 3.05) is 0 Å². The van der Waals surface area contributed by atoms with E-state index in [0.29, 0.717) is 0 Å². The number of hydrogen-bond acceptors (Lipinski definition) is 0. The Labute approximate surface area is 113 Å². The molecule has 0 spiro atoms. The number of halogens is 2. The van der Waals surface area contributed by atoms with E-state index in [-0.39, 0.29) is 22.3 Å². The van der Waals surface area contributed by atoms with Crippen LogP contribution in [0.1, 0.15) is 55.0 Å². The third kappa shape index (κ3) is 9.06. The molecule has 0 radical (unpaired) electrons. The van der Waals surface area contributed by atoms with Crippen molar-refractivity contribution < 1.29 is 0 Å². The molecule has 98 valence electrons. The van der Waals surface area contributed by atoms with Gasteiger partial charge in [-0.25, -0.2) is 0 Å². The van der Waals surface area contributed by atoms with E-state index in [0.717, 1.165) is 22.0 Å². The summed E-state index contributed by atoms with van der Waals surface area (Å²) in [5.74, 6) is 0.